The third kappa shape index (κ3) is 7.78. The van der Waals surface area contributed by atoms with E-state index in [1.165, 1.54) is 4.90 Å². The van der Waals surface area contributed by atoms with Crippen LogP contribution in [-0.2, 0) is 20.8 Å². The van der Waals surface area contributed by atoms with E-state index in [1.54, 1.807) is 48.3 Å². The van der Waals surface area contributed by atoms with E-state index in [0.29, 0.717) is 30.0 Å². The maximum atomic E-state index is 13.8. The van der Waals surface area contributed by atoms with Crippen molar-refractivity contribution in [3.63, 3.8) is 0 Å². The fourth-order valence-corrected chi connectivity index (χ4v) is 5.56. The van der Waals surface area contributed by atoms with Crippen LogP contribution in [0.4, 0.5) is 0 Å². The number of amides is 4. The van der Waals surface area contributed by atoms with Crippen LogP contribution in [0.15, 0.2) is 72.9 Å². The van der Waals surface area contributed by atoms with Gasteiger partial charge in [0.15, 0.2) is 0 Å². The minimum atomic E-state index is -0.346. The van der Waals surface area contributed by atoms with Crippen LogP contribution in [0.5, 0.6) is 5.75 Å². The molecule has 0 saturated carbocycles. The Kier molecular flexibility index (Phi) is 9.86. The van der Waals surface area contributed by atoms with Gasteiger partial charge in [0.25, 0.3) is 5.91 Å². The number of hydrogen-bond acceptors (Lipinski definition) is 7. The standard InChI is InChI=1S/C33H38N6O5/c1-37(2)20-30(41)38-16-15-35-33(43)25-12-10-24(11-13-25)32-28(9-6-14-34-32)44-22-27-18-26(19-39(27)31(42)21-38)36-29(40)17-23-7-4-3-5-8-23/h3-14,26-27H,15-22H2,1-2H3,(H,35,43)(H,36,40)/t26-,27-/m0/s1. The molecule has 0 spiro atoms. The van der Waals surface area contributed by atoms with Crippen molar-refractivity contribution >= 4 is 23.6 Å². The number of ether oxygens (including phenoxy) is 1. The third-order valence-electron chi connectivity index (χ3n) is 7.73. The molecule has 2 atom stereocenters. The van der Waals surface area contributed by atoms with E-state index in [1.807, 2.05) is 48.5 Å². The molecule has 3 aromatic rings. The molecule has 230 valence electrons. The van der Waals surface area contributed by atoms with E-state index >= 15 is 0 Å². The van der Waals surface area contributed by atoms with Crippen molar-refractivity contribution in [2.75, 3.05) is 53.4 Å². The van der Waals surface area contributed by atoms with Crippen LogP contribution in [0.2, 0.25) is 0 Å². The van der Waals surface area contributed by atoms with Gasteiger partial charge < -0.3 is 30.1 Å². The van der Waals surface area contributed by atoms with Crippen molar-refractivity contribution in [3.05, 3.63) is 84.1 Å². The average Bonchev–Trinajstić information content (AvgIpc) is 3.41. The molecule has 6 rings (SSSR count). The van der Waals surface area contributed by atoms with E-state index in [9.17, 15) is 19.2 Å². The summed E-state index contributed by atoms with van der Waals surface area (Å²) in [6.45, 7) is 0.791. The summed E-state index contributed by atoms with van der Waals surface area (Å²) in [5.41, 5.74) is 2.78. The van der Waals surface area contributed by atoms with Crippen LogP contribution in [0, 0.1) is 0 Å². The molecule has 11 heteroatoms. The molecule has 11 nitrogen and oxygen atoms in total. The zero-order valence-corrected chi connectivity index (χ0v) is 25.1. The lowest BCUT2D eigenvalue weighted by atomic mass is 10.1. The highest BCUT2D eigenvalue weighted by Crippen LogP contribution is 2.29. The second-order valence-electron chi connectivity index (χ2n) is 11.4. The van der Waals surface area contributed by atoms with E-state index in [-0.39, 0.29) is 74.9 Å². The first-order valence-electron chi connectivity index (χ1n) is 14.8. The second-order valence-corrected chi connectivity index (χ2v) is 11.4. The van der Waals surface area contributed by atoms with Crippen molar-refractivity contribution in [1.29, 1.82) is 0 Å². The number of nitrogens with zero attached hydrogens (tertiary/aromatic N) is 4. The van der Waals surface area contributed by atoms with Crippen LogP contribution < -0.4 is 15.4 Å². The number of rotatable bonds is 5. The molecule has 3 aliphatic rings. The molecule has 2 bridgehead atoms. The summed E-state index contributed by atoms with van der Waals surface area (Å²) >= 11 is 0. The summed E-state index contributed by atoms with van der Waals surface area (Å²) in [5, 5.41) is 5.95. The predicted octanol–water partition coefficient (Wildman–Crippen LogP) is 1.59. The number of likely N-dealkylation sites (N-methyl/N-ethyl adjacent to an activating group) is 1. The van der Waals surface area contributed by atoms with Gasteiger partial charge in [0.1, 0.15) is 18.1 Å². The molecule has 2 N–H and O–H groups in total. The topological polar surface area (TPSA) is 124 Å². The molecule has 1 aromatic heterocycles. The SMILES string of the molecule is CN(C)CC(=O)N1CCNC(=O)c2ccc(cc2)-c2ncccc2OC[C@@H]2C[C@H](NC(=O)Cc3ccccc3)CN2C(=O)C1. The zero-order valence-electron chi connectivity index (χ0n) is 25.1. The van der Waals surface area contributed by atoms with E-state index in [0.717, 1.165) is 11.1 Å². The molecule has 4 amide bonds. The molecule has 0 unspecified atom stereocenters. The van der Waals surface area contributed by atoms with E-state index in [4.69, 9.17) is 4.74 Å². The Morgan fingerprint density at radius 2 is 1.77 bits per heavy atom. The smallest absolute Gasteiger partial charge is 0.251 e. The van der Waals surface area contributed by atoms with Crippen molar-refractivity contribution in [2.45, 2.75) is 24.9 Å². The monoisotopic (exact) mass is 598 g/mol. The van der Waals surface area contributed by atoms with Crippen molar-refractivity contribution in [1.82, 2.24) is 30.3 Å². The highest BCUT2D eigenvalue weighted by atomic mass is 16.5. The number of hydrogen-bond donors (Lipinski definition) is 2. The summed E-state index contributed by atoms with van der Waals surface area (Å²) in [5.74, 6) is -0.334. The Morgan fingerprint density at radius 1 is 1.02 bits per heavy atom. The highest BCUT2D eigenvalue weighted by molar-refractivity contribution is 5.94. The van der Waals surface area contributed by atoms with Gasteiger partial charge in [0.05, 0.1) is 25.6 Å². The van der Waals surface area contributed by atoms with Crippen LogP contribution >= 0.6 is 0 Å². The lowest BCUT2D eigenvalue weighted by molar-refractivity contribution is -0.141. The van der Waals surface area contributed by atoms with Crippen molar-refractivity contribution < 1.29 is 23.9 Å². The van der Waals surface area contributed by atoms with Crippen molar-refractivity contribution in [3.8, 4) is 17.0 Å². The number of benzene rings is 2. The quantitative estimate of drug-likeness (QED) is 0.457. The van der Waals surface area contributed by atoms with Gasteiger partial charge in [-0.2, -0.15) is 0 Å². The lowest BCUT2D eigenvalue weighted by Crippen LogP contribution is -2.50. The number of aromatic nitrogens is 1. The Labute approximate surface area is 257 Å². The molecular formula is C33H38N6O5. The zero-order chi connectivity index (χ0) is 31.1. The van der Waals surface area contributed by atoms with Gasteiger partial charge in [-0.15, -0.1) is 0 Å². The van der Waals surface area contributed by atoms with Crippen LogP contribution in [0.3, 0.4) is 0 Å². The first-order valence-corrected chi connectivity index (χ1v) is 14.8. The number of nitrogens with one attached hydrogen (secondary N) is 2. The number of pyridine rings is 1. The van der Waals surface area contributed by atoms with Crippen LogP contribution in [0.1, 0.15) is 22.3 Å². The molecular weight excluding hydrogens is 560 g/mol. The number of carbonyl (C=O) groups is 4. The molecule has 3 aliphatic heterocycles. The van der Waals surface area contributed by atoms with Gasteiger partial charge in [0.2, 0.25) is 17.7 Å². The Balaban J connectivity index is 1.40. The largest absolute Gasteiger partial charge is 0.489 e. The van der Waals surface area contributed by atoms with Crippen molar-refractivity contribution in [2.24, 2.45) is 0 Å². The molecule has 44 heavy (non-hydrogen) atoms. The number of carbonyl (C=O) groups excluding carboxylic acids is 4. The predicted molar refractivity (Wildman–Crippen MR) is 165 cm³/mol. The average molecular weight is 599 g/mol. The molecule has 2 aromatic carbocycles. The van der Waals surface area contributed by atoms with Gasteiger partial charge in [0, 0.05) is 43.0 Å². The molecule has 1 saturated heterocycles. The lowest BCUT2D eigenvalue weighted by Gasteiger charge is -2.29. The molecule has 0 aliphatic carbocycles. The maximum absolute atomic E-state index is 13.8. The summed E-state index contributed by atoms with van der Waals surface area (Å²) in [6.07, 6.45) is 2.41. The molecule has 0 radical (unpaired) electrons. The summed E-state index contributed by atoms with van der Waals surface area (Å²) in [4.78, 5) is 62.1. The third-order valence-corrected chi connectivity index (χ3v) is 7.73. The van der Waals surface area contributed by atoms with Crippen LogP contribution in [-0.4, -0.2) is 109 Å². The van der Waals surface area contributed by atoms with Gasteiger partial charge in [-0.05, 0) is 50.3 Å². The summed E-state index contributed by atoms with van der Waals surface area (Å²) in [6, 6.07) is 19.6. The first kappa shape index (κ1) is 30.7. The van der Waals surface area contributed by atoms with Gasteiger partial charge in [-0.3, -0.25) is 24.2 Å². The van der Waals surface area contributed by atoms with Crippen LogP contribution in [0.25, 0.3) is 11.3 Å². The maximum Gasteiger partial charge on any atom is 0.251 e. The van der Waals surface area contributed by atoms with Gasteiger partial charge in [-0.1, -0.05) is 42.5 Å². The Bertz CT molecular complexity index is 1480. The fourth-order valence-electron chi connectivity index (χ4n) is 5.56. The summed E-state index contributed by atoms with van der Waals surface area (Å²) < 4.78 is 6.29. The molecule has 1 fully saturated rings. The normalized spacial score (nSPS) is 19.1. The fraction of sp³-hybridized carbons (Fsp3) is 0.364. The second kappa shape index (κ2) is 14.1. The Morgan fingerprint density at radius 3 is 2.52 bits per heavy atom. The Hall–Kier alpha value is -4.77. The summed E-state index contributed by atoms with van der Waals surface area (Å²) in [7, 11) is 3.57. The minimum Gasteiger partial charge on any atom is -0.489 e. The minimum absolute atomic E-state index is 0.122. The first-order chi connectivity index (χ1) is 21.3. The molecule has 4 heterocycles. The highest BCUT2D eigenvalue weighted by Gasteiger charge is 2.37. The van der Waals surface area contributed by atoms with E-state index in [2.05, 4.69) is 15.6 Å². The van der Waals surface area contributed by atoms with Gasteiger partial charge in [-0.25, -0.2) is 0 Å². The number of fused-ring (bicyclic) bond motifs is 9. The van der Waals surface area contributed by atoms with E-state index < -0.39 is 0 Å². The van der Waals surface area contributed by atoms with Gasteiger partial charge >= 0.3 is 0 Å².